The lowest BCUT2D eigenvalue weighted by Crippen LogP contribution is -2.22. The minimum atomic E-state index is -4.61. The predicted octanol–water partition coefficient (Wildman–Crippen LogP) is 7.46. The normalized spacial score (nSPS) is 32.4. The van der Waals surface area contributed by atoms with Gasteiger partial charge in [0.25, 0.3) is 0 Å². The van der Waals surface area contributed by atoms with Gasteiger partial charge in [-0.1, -0.05) is 56.3 Å². The number of rotatable bonds is 3. The van der Waals surface area contributed by atoms with Crippen LogP contribution in [0.4, 0.5) is 13.2 Å². The Morgan fingerprint density at radius 3 is 2.12 bits per heavy atom. The smallest absolute Gasteiger partial charge is 0.406 e. The highest BCUT2D eigenvalue weighted by Crippen LogP contribution is 2.42. The third-order valence-corrected chi connectivity index (χ3v) is 6.43. The summed E-state index contributed by atoms with van der Waals surface area (Å²) in [5, 5.41) is 0. The van der Waals surface area contributed by atoms with Gasteiger partial charge in [0.05, 0.1) is 0 Å². The van der Waals surface area contributed by atoms with Crippen LogP contribution in [0.1, 0.15) is 77.0 Å². The van der Waals surface area contributed by atoms with Crippen molar-refractivity contribution in [2.45, 2.75) is 83.4 Å². The molecule has 0 aromatic carbocycles. The highest BCUT2D eigenvalue weighted by molar-refractivity contribution is 5.22. The van der Waals surface area contributed by atoms with Gasteiger partial charge in [0.15, 0.2) is 0 Å². The second-order valence-electron chi connectivity index (χ2n) is 8.14. The Hall–Kier alpha value is -1.19. The van der Waals surface area contributed by atoms with Crippen LogP contribution < -0.4 is 0 Å². The van der Waals surface area contributed by atoms with Gasteiger partial charge in [0.2, 0.25) is 0 Å². The molecule has 0 aliphatic heterocycles. The molecule has 0 saturated heterocycles. The molecule has 146 valence electrons. The molecule has 1 nitrogen and oxygen atoms in total. The van der Waals surface area contributed by atoms with E-state index in [1.54, 1.807) is 0 Å². The number of alkyl halides is 3. The van der Waals surface area contributed by atoms with E-state index in [2.05, 4.69) is 10.8 Å². The van der Waals surface area contributed by atoms with Gasteiger partial charge < -0.3 is 4.74 Å². The van der Waals surface area contributed by atoms with E-state index in [0.29, 0.717) is 12.3 Å². The number of hydrogen-bond donors (Lipinski definition) is 0. The first-order valence-electron chi connectivity index (χ1n) is 10.3. The predicted molar refractivity (Wildman–Crippen MR) is 98.3 cm³/mol. The number of halogens is 3. The lowest BCUT2D eigenvalue weighted by atomic mass is 9.71. The summed E-state index contributed by atoms with van der Waals surface area (Å²) in [6, 6.07) is 0. The number of ether oxygens (including phenoxy) is 1. The highest BCUT2D eigenvalue weighted by Gasteiger charge is 2.32. The molecule has 0 aromatic heterocycles. The van der Waals surface area contributed by atoms with Gasteiger partial charge in [-0.15, -0.1) is 13.2 Å². The minimum Gasteiger partial charge on any atom is -0.406 e. The van der Waals surface area contributed by atoms with Gasteiger partial charge in [0.1, 0.15) is 5.76 Å². The average molecular weight is 368 g/mol. The van der Waals surface area contributed by atoms with Crippen molar-refractivity contribution in [2.24, 2.45) is 17.8 Å². The summed E-state index contributed by atoms with van der Waals surface area (Å²) in [4.78, 5) is 0. The van der Waals surface area contributed by atoms with E-state index in [0.717, 1.165) is 18.3 Å². The molecular weight excluding hydrogens is 337 g/mol. The molecule has 0 heterocycles. The molecule has 2 saturated carbocycles. The first-order chi connectivity index (χ1) is 12.5. The quantitative estimate of drug-likeness (QED) is 0.371. The molecule has 0 atom stereocenters. The van der Waals surface area contributed by atoms with Gasteiger partial charge in [0, 0.05) is 0 Å². The monoisotopic (exact) mass is 368 g/mol. The van der Waals surface area contributed by atoms with Crippen molar-refractivity contribution in [2.75, 3.05) is 0 Å². The molecule has 3 aliphatic carbocycles. The zero-order valence-corrected chi connectivity index (χ0v) is 15.6. The van der Waals surface area contributed by atoms with E-state index < -0.39 is 6.36 Å². The van der Waals surface area contributed by atoms with Gasteiger partial charge in [-0.05, 0) is 68.4 Å². The molecule has 0 aromatic rings. The molecule has 3 aliphatic rings. The zero-order chi connectivity index (χ0) is 18.4. The molecule has 0 bridgehead atoms. The molecule has 26 heavy (non-hydrogen) atoms. The van der Waals surface area contributed by atoms with Crippen LogP contribution in [0, 0.1) is 17.8 Å². The Kier molecular flexibility index (Phi) is 6.88. The summed E-state index contributed by atoms with van der Waals surface area (Å²) in [5.41, 5.74) is 1.41. The summed E-state index contributed by atoms with van der Waals surface area (Å²) in [5.74, 6) is 2.36. The third kappa shape index (κ3) is 5.92. The van der Waals surface area contributed by atoms with Crippen molar-refractivity contribution in [3.8, 4) is 0 Å². The first-order valence-corrected chi connectivity index (χ1v) is 10.3. The Morgan fingerprint density at radius 2 is 1.46 bits per heavy atom. The van der Waals surface area contributed by atoms with Crippen molar-refractivity contribution < 1.29 is 17.9 Å². The Bertz CT molecular complexity index is 528. The number of allylic oxidation sites excluding steroid dienone is 5. The fourth-order valence-electron chi connectivity index (χ4n) is 5.08. The lowest BCUT2D eigenvalue weighted by molar-refractivity contribution is -0.303. The fourth-order valence-corrected chi connectivity index (χ4v) is 5.08. The fraction of sp³-hybridized carbons (Fsp3) is 0.727. The van der Waals surface area contributed by atoms with Crippen LogP contribution in [-0.4, -0.2) is 6.36 Å². The average Bonchev–Trinajstić information content (AvgIpc) is 2.86. The molecule has 0 N–H and O–H groups in total. The van der Waals surface area contributed by atoms with Crippen molar-refractivity contribution in [3.63, 3.8) is 0 Å². The Balaban J connectivity index is 1.51. The second kappa shape index (κ2) is 9.14. The van der Waals surface area contributed by atoms with Crippen LogP contribution >= 0.6 is 0 Å². The Morgan fingerprint density at radius 1 is 0.808 bits per heavy atom. The topological polar surface area (TPSA) is 9.23 Å². The third-order valence-electron chi connectivity index (χ3n) is 6.43. The van der Waals surface area contributed by atoms with Gasteiger partial charge in [-0.3, -0.25) is 0 Å². The molecule has 0 spiro atoms. The summed E-state index contributed by atoms with van der Waals surface area (Å²) < 4.78 is 41.1. The van der Waals surface area contributed by atoms with Crippen LogP contribution in [0.25, 0.3) is 0 Å². The highest BCUT2D eigenvalue weighted by atomic mass is 19.4. The van der Waals surface area contributed by atoms with E-state index >= 15 is 0 Å². The second-order valence-corrected chi connectivity index (χ2v) is 8.14. The van der Waals surface area contributed by atoms with E-state index in [-0.39, 0.29) is 5.76 Å². The minimum absolute atomic E-state index is 0.0927. The van der Waals surface area contributed by atoms with Crippen LogP contribution in [0.5, 0.6) is 0 Å². The van der Waals surface area contributed by atoms with Crippen molar-refractivity contribution >= 4 is 0 Å². The molecular formula is C22H31F3O. The lowest BCUT2D eigenvalue weighted by Gasteiger charge is -2.34. The van der Waals surface area contributed by atoms with Gasteiger partial charge >= 0.3 is 6.36 Å². The zero-order valence-electron chi connectivity index (χ0n) is 15.6. The molecule has 0 radical (unpaired) electrons. The maximum atomic E-state index is 12.3. The van der Waals surface area contributed by atoms with Gasteiger partial charge in [-0.2, -0.15) is 0 Å². The molecule has 0 unspecified atom stereocenters. The number of hydrogen-bond acceptors (Lipinski definition) is 1. The Labute approximate surface area is 155 Å². The maximum Gasteiger partial charge on any atom is 0.573 e. The standard InChI is InChI=1S/C22H31F3O/c23-22(24,25)26-21-11-5-9-18(10-6-12-21)20-15-13-19(14-16-20)17-7-3-1-2-4-8-17/h5,10-12,17,19-20H,1-4,6-9,13-16H2/b11-5-,18-10+,21-12?. The van der Waals surface area contributed by atoms with E-state index in [1.165, 1.54) is 81.9 Å². The summed E-state index contributed by atoms with van der Waals surface area (Å²) in [6.07, 6.45) is 17.3. The van der Waals surface area contributed by atoms with Gasteiger partial charge in [-0.25, -0.2) is 0 Å². The molecule has 3 rings (SSSR count). The molecule has 2 fully saturated rings. The molecule has 0 amide bonds. The molecule has 4 heteroatoms. The summed E-state index contributed by atoms with van der Waals surface area (Å²) in [6.45, 7) is 0. The van der Waals surface area contributed by atoms with Crippen LogP contribution in [-0.2, 0) is 4.74 Å². The van der Waals surface area contributed by atoms with Crippen LogP contribution in [0.2, 0.25) is 0 Å². The first kappa shape index (κ1) is 19.6. The largest absolute Gasteiger partial charge is 0.573 e. The summed E-state index contributed by atoms with van der Waals surface area (Å²) >= 11 is 0. The van der Waals surface area contributed by atoms with E-state index in [1.807, 2.05) is 6.08 Å². The van der Waals surface area contributed by atoms with E-state index in [4.69, 9.17) is 0 Å². The SMILES string of the molecule is FC(F)(F)OC1=CC/C=C(/C2CCC(C3CCCCCC3)CC2)C/C=C\1. The van der Waals surface area contributed by atoms with Crippen molar-refractivity contribution in [1.29, 1.82) is 0 Å². The van der Waals surface area contributed by atoms with Crippen molar-refractivity contribution in [1.82, 2.24) is 0 Å². The van der Waals surface area contributed by atoms with E-state index in [9.17, 15) is 13.2 Å². The van der Waals surface area contributed by atoms with Crippen LogP contribution in [0.3, 0.4) is 0 Å². The summed E-state index contributed by atoms with van der Waals surface area (Å²) in [7, 11) is 0. The van der Waals surface area contributed by atoms with Crippen molar-refractivity contribution in [3.05, 3.63) is 35.6 Å². The maximum absolute atomic E-state index is 12.3. The van der Waals surface area contributed by atoms with Crippen LogP contribution in [0.15, 0.2) is 35.6 Å².